The lowest BCUT2D eigenvalue weighted by Crippen LogP contribution is -2.45. The molecule has 10 nitrogen and oxygen atoms in total. The van der Waals surface area contributed by atoms with E-state index in [1.807, 2.05) is 36.7 Å². The van der Waals surface area contributed by atoms with Gasteiger partial charge in [0.1, 0.15) is 5.82 Å². The van der Waals surface area contributed by atoms with Crippen LogP contribution in [0.5, 0.6) is 0 Å². The molecule has 1 atom stereocenters. The van der Waals surface area contributed by atoms with E-state index >= 15 is 0 Å². The predicted octanol–water partition coefficient (Wildman–Crippen LogP) is 5.24. The zero-order valence-electron chi connectivity index (χ0n) is 24.7. The quantitative estimate of drug-likeness (QED) is 0.309. The lowest BCUT2D eigenvalue weighted by Gasteiger charge is -2.38. The average Bonchev–Trinajstić information content (AvgIpc) is 3.48. The number of ether oxygens (including phenoxy) is 1. The van der Waals surface area contributed by atoms with E-state index in [1.54, 1.807) is 0 Å². The maximum atomic E-state index is 12.4. The molecule has 1 fully saturated rings. The van der Waals surface area contributed by atoms with Gasteiger partial charge < -0.3 is 29.7 Å². The molecule has 2 aromatic heterocycles. The molecule has 0 bridgehead atoms. The zero-order valence-corrected chi connectivity index (χ0v) is 24.7. The summed E-state index contributed by atoms with van der Waals surface area (Å²) in [5.41, 5.74) is 3.93. The van der Waals surface area contributed by atoms with E-state index in [9.17, 15) is 4.79 Å². The first-order chi connectivity index (χ1) is 20.1. The Labute approximate surface area is 243 Å². The Hall–Kier alpha value is -3.66. The Morgan fingerprint density at radius 1 is 1.07 bits per heavy atom. The summed E-state index contributed by atoms with van der Waals surface area (Å²) >= 11 is 0. The molecule has 2 aliphatic rings. The van der Waals surface area contributed by atoms with Gasteiger partial charge in [-0.2, -0.15) is 0 Å². The maximum Gasteiger partial charge on any atom is 0.319 e. The summed E-state index contributed by atoms with van der Waals surface area (Å²) in [5, 5.41) is 5.90. The summed E-state index contributed by atoms with van der Waals surface area (Å²) in [6, 6.07) is 7.87. The molecule has 2 aliphatic heterocycles. The van der Waals surface area contributed by atoms with Crippen LogP contribution < -0.4 is 20.4 Å². The van der Waals surface area contributed by atoms with Gasteiger partial charge in [0.05, 0.1) is 31.5 Å². The van der Waals surface area contributed by atoms with Crippen molar-refractivity contribution in [2.24, 2.45) is 0 Å². The van der Waals surface area contributed by atoms with Crippen LogP contribution in [0.2, 0.25) is 0 Å². The van der Waals surface area contributed by atoms with Gasteiger partial charge in [0.25, 0.3) is 0 Å². The first-order valence-electron chi connectivity index (χ1n) is 15.2. The molecule has 41 heavy (non-hydrogen) atoms. The van der Waals surface area contributed by atoms with Crippen molar-refractivity contribution in [3.8, 4) is 11.4 Å². The van der Waals surface area contributed by atoms with Gasteiger partial charge in [0.15, 0.2) is 5.82 Å². The number of unbranched alkanes of at least 4 members (excludes halogenated alkanes) is 4. The number of hydrogen-bond donors (Lipinski definition) is 2. The van der Waals surface area contributed by atoms with Gasteiger partial charge in [0.2, 0.25) is 5.95 Å². The number of nitrogens with one attached hydrogen (secondary N) is 2. The second-order valence-corrected chi connectivity index (χ2v) is 11.0. The van der Waals surface area contributed by atoms with Crippen LogP contribution in [0, 0.1) is 0 Å². The summed E-state index contributed by atoms with van der Waals surface area (Å²) in [4.78, 5) is 31.9. The second-order valence-electron chi connectivity index (χ2n) is 11.0. The number of amides is 2. The number of hydrogen-bond acceptors (Lipinski definition) is 7. The van der Waals surface area contributed by atoms with E-state index in [2.05, 4.69) is 50.8 Å². The van der Waals surface area contributed by atoms with E-state index < -0.39 is 0 Å². The number of carbonyl (C=O) groups is 1. The number of aryl methyl sites for hydroxylation is 1. The summed E-state index contributed by atoms with van der Waals surface area (Å²) in [7, 11) is 0. The third kappa shape index (κ3) is 6.98. The van der Waals surface area contributed by atoms with Crippen molar-refractivity contribution in [3.63, 3.8) is 0 Å². The highest BCUT2D eigenvalue weighted by Gasteiger charge is 2.30. The fourth-order valence-electron chi connectivity index (χ4n) is 5.63. The molecule has 5 rings (SSSR count). The minimum atomic E-state index is -0.174. The van der Waals surface area contributed by atoms with Gasteiger partial charge in [-0.05, 0) is 51.0 Å². The molecule has 2 amide bonds. The van der Waals surface area contributed by atoms with Crippen molar-refractivity contribution < 1.29 is 9.53 Å². The third-order valence-corrected chi connectivity index (χ3v) is 7.97. The molecule has 0 radical (unpaired) electrons. The van der Waals surface area contributed by atoms with E-state index in [4.69, 9.17) is 14.7 Å². The predicted molar refractivity (Wildman–Crippen MR) is 164 cm³/mol. The van der Waals surface area contributed by atoms with Crippen LogP contribution in [0.15, 0.2) is 36.7 Å². The van der Waals surface area contributed by atoms with Gasteiger partial charge in [0, 0.05) is 55.4 Å². The van der Waals surface area contributed by atoms with Gasteiger partial charge >= 0.3 is 6.03 Å². The Bertz CT molecular complexity index is 1290. The van der Waals surface area contributed by atoms with E-state index in [1.165, 1.54) is 24.8 Å². The largest absolute Gasteiger partial charge is 0.377 e. The Kier molecular flexibility index (Phi) is 9.71. The molecule has 1 unspecified atom stereocenters. The first kappa shape index (κ1) is 28.9. The highest BCUT2D eigenvalue weighted by atomic mass is 16.5. The smallest absolute Gasteiger partial charge is 0.319 e. The van der Waals surface area contributed by atoms with Crippen molar-refractivity contribution in [2.75, 3.05) is 48.0 Å². The van der Waals surface area contributed by atoms with Crippen molar-refractivity contribution in [1.29, 1.82) is 0 Å². The lowest BCUT2D eigenvalue weighted by atomic mass is 10.0. The standard InChI is InChI=1S/C31H44N8O2/c1-4-6-7-8-9-15-32-30(40)34-25-12-10-24(11-13-25)28-35-27-21-38(31-33-16-18-37(31)5-2)17-14-26(27)29(36-28)39-19-20-41-22-23(39)3/h10-13,16,18,23H,4-9,14-15,17,19-22H2,1-3H3,(H2,32,34,40). The van der Waals surface area contributed by atoms with Crippen LogP contribution in [0.4, 0.5) is 22.2 Å². The van der Waals surface area contributed by atoms with Crippen molar-refractivity contribution in [1.82, 2.24) is 24.8 Å². The van der Waals surface area contributed by atoms with Crippen LogP contribution in [0.1, 0.15) is 64.1 Å². The van der Waals surface area contributed by atoms with Crippen LogP contribution in [-0.2, 0) is 24.2 Å². The highest BCUT2D eigenvalue weighted by molar-refractivity contribution is 5.89. The number of anilines is 3. The number of morpholine rings is 1. The topological polar surface area (TPSA) is 100 Å². The third-order valence-electron chi connectivity index (χ3n) is 7.97. The minimum Gasteiger partial charge on any atom is -0.377 e. The fourth-order valence-corrected chi connectivity index (χ4v) is 5.63. The Balaban J connectivity index is 1.34. The molecule has 0 saturated carbocycles. The van der Waals surface area contributed by atoms with Crippen LogP contribution in [0.25, 0.3) is 11.4 Å². The molecule has 1 saturated heterocycles. The molecule has 0 spiro atoms. The first-order valence-corrected chi connectivity index (χ1v) is 15.2. The molecule has 0 aliphatic carbocycles. The van der Waals surface area contributed by atoms with Crippen molar-refractivity contribution >= 4 is 23.5 Å². The normalized spacial score (nSPS) is 16.9. The number of nitrogens with zero attached hydrogens (tertiary/aromatic N) is 6. The maximum absolute atomic E-state index is 12.4. The van der Waals surface area contributed by atoms with Gasteiger partial charge in [-0.15, -0.1) is 0 Å². The molecule has 4 heterocycles. The molecular formula is C31H44N8O2. The molecule has 10 heteroatoms. The van der Waals surface area contributed by atoms with Crippen molar-refractivity contribution in [3.05, 3.63) is 47.9 Å². The van der Waals surface area contributed by atoms with E-state index in [0.29, 0.717) is 32.1 Å². The average molecular weight is 561 g/mol. The number of urea groups is 1. The number of imidazole rings is 1. The van der Waals surface area contributed by atoms with E-state index in [-0.39, 0.29) is 12.1 Å². The summed E-state index contributed by atoms with van der Waals surface area (Å²) in [6.07, 6.45) is 10.6. The Morgan fingerprint density at radius 2 is 1.90 bits per heavy atom. The van der Waals surface area contributed by atoms with Crippen LogP contribution in [0.3, 0.4) is 0 Å². The lowest BCUT2D eigenvalue weighted by molar-refractivity contribution is 0.0984. The SMILES string of the molecule is CCCCCCCNC(=O)Nc1ccc(-c2nc3c(c(N4CCOCC4C)n2)CCN(c2nccn2CC)C3)cc1. The minimum absolute atomic E-state index is 0.174. The second kappa shape index (κ2) is 13.8. The molecular weight excluding hydrogens is 516 g/mol. The van der Waals surface area contributed by atoms with Gasteiger partial charge in [-0.3, -0.25) is 0 Å². The summed E-state index contributed by atoms with van der Waals surface area (Å²) < 4.78 is 7.90. The highest BCUT2D eigenvalue weighted by Crippen LogP contribution is 2.33. The van der Waals surface area contributed by atoms with Crippen LogP contribution in [-0.4, -0.2) is 64.4 Å². The number of carbonyl (C=O) groups excluding carboxylic acids is 1. The Morgan fingerprint density at radius 3 is 2.68 bits per heavy atom. The van der Waals surface area contributed by atoms with Gasteiger partial charge in [-0.25, -0.2) is 19.7 Å². The fraction of sp³-hybridized carbons (Fsp3) is 0.548. The van der Waals surface area contributed by atoms with E-state index in [0.717, 1.165) is 67.6 Å². The molecule has 1 aromatic carbocycles. The number of aromatic nitrogens is 4. The zero-order chi connectivity index (χ0) is 28.6. The van der Waals surface area contributed by atoms with Crippen LogP contribution >= 0.6 is 0 Å². The monoisotopic (exact) mass is 560 g/mol. The van der Waals surface area contributed by atoms with Crippen molar-refractivity contribution in [2.45, 2.75) is 78.4 Å². The molecule has 220 valence electrons. The number of benzene rings is 1. The number of rotatable bonds is 11. The van der Waals surface area contributed by atoms with Gasteiger partial charge in [-0.1, -0.05) is 32.6 Å². The summed E-state index contributed by atoms with van der Waals surface area (Å²) in [5.74, 6) is 2.69. The number of fused-ring (bicyclic) bond motifs is 1. The summed E-state index contributed by atoms with van der Waals surface area (Å²) in [6.45, 7) is 11.9. The molecule has 2 N–H and O–H groups in total. The molecule has 3 aromatic rings.